The summed E-state index contributed by atoms with van der Waals surface area (Å²) in [5.74, 6) is -0.104. The van der Waals surface area contributed by atoms with Crippen molar-refractivity contribution in [2.45, 2.75) is 6.04 Å². The molecule has 4 nitrogen and oxygen atoms in total. The molecule has 0 fully saturated rings. The average molecular weight is 216 g/mol. The molecule has 82 valence electrons. The summed E-state index contributed by atoms with van der Waals surface area (Å²) in [6, 6.07) is 2.75. The van der Waals surface area contributed by atoms with Crippen LogP contribution in [0.5, 0.6) is 0 Å². The fourth-order valence-electron chi connectivity index (χ4n) is 1.65. The first-order chi connectivity index (χ1) is 7.70. The maximum atomic E-state index is 12.1. The van der Waals surface area contributed by atoms with Gasteiger partial charge in [-0.3, -0.25) is 9.78 Å². The number of rotatable bonds is 2. The van der Waals surface area contributed by atoms with Crippen LogP contribution in [0, 0.1) is 0 Å². The summed E-state index contributed by atoms with van der Waals surface area (Å²) in [5.41, 5.74) is 0.495. The Bertz CT molecular complexity index is 451. The molecular weight excluding hydrogens is 204 g/mol. The van der Waals surface area contributed by atoms with Gasteiger partial charge in [0, 0.05) is 25.0 Å². The molecule has 0 spiro atoms. The van der Waals surface area contributed by atoms with Gasteiger partial charge in [-0.2, -0.15) is 0 Å². The van der Waals surface area contributed by atoms with Crippen LogP contribution < -0.4 is 0 Å². The zero-order valence-electron chi connectivity index (χ0n) is 8.87. The Labute approximate surface area is 93.5 Å². The quantitative estimate of drug-likeness (QED) is 0.762. The van der Waals surface area contributed by atoms with E-state index in [-0.39, 0.29) is 11.5 Å². The summed E-state index contributed by atoms with van der Waals surface area (Å²) in [4.78, 5) is 17.7. The van der Waals surface area contributed by atoms with Gasteiger partial charge < -0.3 is 10.0 Å². The van der Waals surface area contributed by atoms with Crippen LogP contribution in [0.4, 0.5) is 0 Å². The number of aromatic nitrogens is 1. The smallest absolute Gasteiger partial charge is 0.194 e. The van der Waals surface area contributed by atoms with E-state index in [0.717, 1.165) is 0 Å². The Morgan fingerprint density at radius 1 is 1.56 bits per heavy atom. The van der Waals surface area contributed by atoms with Crippen LogP contribution in [0.2, 0.25) is 0 Å². The molecule has 1 N–H and O–H groups in total. The first kappa shape index (κ1) is 10.4. The van der Waals surface area contributed by atoms with Gasteiger partial charge in [0.2, 0.25) is 0 Å². The second-order valence-corrected chi connectivity index (χ2v) is 3.61. The summed E-state index contributed by atoms with van der Waals surface area (Å²) in [6.45, 7) is 0. The fraction of sp³-hybridized carbons (Fsp3) is 0.167. The number of carbonyl (C=O) groups excluding carboxylic acids is 1. The summed E-state index contributed by atoms with van der Waals surface area (Å²) < 4.78 is 0. The number of hydrogen-bond acceptors (Lipinski definition) is 4. The van der Waals surface area contributed by atoms with Gasteiger partial charge in [0.1, 0.15) is 11.8 Å². The van der Waals surface area contributed by atoms with Crippen LogP contribution in [0.1, 0.15) is 10.4 Å². The van der Waals surface area contributed by atoms with Crippen molar-refractivity contribution < 1.29 is 9.90 Å². The van der Waals surface area contributed by atoms with E-state index in [9.17, 15) is 9.90 Å². The highest BCUT2D eigenvalue weighted by molar-refractivity contribution is 6.01. The second-order valence-electron chi connectivity index (χ2n) is 3.61. The molecule has 1 aliphatic rings. The average Bonchev–Trinajstić information content (AvgIpc) is 2.30. The number of aliphatic hydroxyl groups excluding tert-OH is 1. The van der Waals surface area contributed by atoms with Gasteiger partial charge in [-0.05, 0) is 30.5 Å². The molecule has 0 saturated heterocycles. The van der Waals surface area contributed by atoms with E-state index in [0.29, 0.717) is 5.56 Å². The maximum Gasteiger partial charge on any atom is 0.194 e. The van der Waals surface area contributed by atoms with Gasteiger partial charge in [0.25, 0.3) is 0 Å². The molecule has 0 aliphatic carbocycles. The Balaban J connectivity index is 2.29. The van der Waals surface area contributed by atoms with E-state index in [1.54, 1.807) is 42.6 Å². The van der Waals surface area contributed by atoms with Gasteiger partial charge in [0.15, 0.2) is 5.78 Å². The Kier molecular flexibility index (Phi) is 2.72. The van der Waals surface area contributed by atoms with Crippen molar-refractivity contribution in [3.8, 4) is 0 Å². The van der Waals surface area contributed by atoms with Gasteiger partial charge in [-0.1, -0.05) is 0 Å². The Morgan fingerprint density at radius 3 is 3.00 bits per heavy atom. The molecule has 1 aromatic heterocycles. The minimum atomic E-state index is -0.644. The van der Waals surface area contributed by atoms with Crippen molar-refractivity contribution in [3.63, 3.8) is 0 Å². The van der Waals surface area contributed by atoms with E-state index in [1.165, 1.54) is 12.3 Å². The monoisotopic (exact) mass is 216 g/mol. The van der Waals surface area contributed by atoms with E-state index in [4.69, 9.17) is 0 Å². The van der Waals surface area contributed by atoms with Crippen molar-refractivity contribution >= 4 is 5.78 Å². The molecule has 0 bridgehead atoms. The van der Waals surface area contributed by atoms with Crippen LogP contribution in [0.3, 0.4) is 0 Å². The molecule has 0 aromatic carbocycles. The van der Waals surface area contributed by atoms with Gasteiger partial charge >= 0.3 is 0 Å². The number of aliphatic hydroxyl groups is 1. The van der Waals surface area contributed by atoms with Crippen molar-refractivity contribution in [1.82, 2.24) is 9.88 Å². The van der Waals surface area contributed by atoms with Crippen LogP contribution in [0.15, 0.2) is 48.6 Å². The lowest BCUT2D eigenvalue weighted by atomic mass is 10.0. The standard InChI is InChI=1S/C12H12N2O2/c1-14-7-3-5-10(15)11(14)12(16)9-4-2-6-13-8-9/h2-8,11,15H,1H3. The van der Waals surface area contributed by atoms with Crippen LogP contribution in [0.25, 0.3) is 0 Å². The summed E-state index contributed by atoms with van der Waals surface area (Å²) in [5, 5.41) is 9.70. The minimum Gasteiger partial charge on any atom is -0.510 e. The first-order valence-corrected chi connectivity index (χ1v) is 4.93. The number of likely N-dealkylation sites (N-methyl/N-ethyl adjacent to an activating group) is 1. The topological polar surface area (TPSA) is 53.4 Å². The van der Waals surface area contributed by atoms with E-state index in [2.05, 4.69) is 4.98 Å². The van der Waals surface area contributed by atoms with E-state index < -0.39 is 6.04 Å². The second kappa shape index (κ2) is 4.18. The van der Waals surface area contributed by atoms with E-state index >= 15 is 0 Å². The number of ketones is 1. The number of Topliss-reactive ketones (excluding diaryl/α,β-unsaturated/α-hetero) is 1. The predicted octanol–water partition coefficient (Wildman–Crippen LogP) is 1.53. The largest absolute Gasteiger partial charge is 0.510 e. The number of carbonyl (C=O) groups is 1. The third-order valence-corrected chi connectivity index (χ3v) is 2.47. The number of hydrogen-bond donors (Lipinski definition) is 1. The Hall–Kier alpha value is -2.10. The lowest BCUT2D eigenvalue weighted by Gasteiger charge is -2.27. The highest BCUT2D eigenvalue weighted by atomic mass is 16.3. The molecule has 1 aromatic rings. The lowest BCUT2D eigenvalue weighted by Crippen LogP contribution is -2.38. The number of allylic oxidation sites excluding steroid dienone is 2. The Morgan fingerprint density at radius 2 is 2.38 bits per heavy atom. The summed E-state index contributed by atoms with van der Waals surface area (Å²) >= 11 is 0. The molecule has 0 amide bonds. The molecule has 0 radical (unpaired) electrons. The van der Waals surface area contributed by atoms with Crippen LogP contribution >= 0.6 is 0 Å². The SMILES string of the molecule is CN1C=CC=C(O)C1C(=O)c1cccnc1. The van der Waals surface area contributed by atoms with Crippen molar-refractivity contribution in [2.75, 3.05) is 7.05 Å². The molecule has 0 saturated carbocycles. The molecular formula is C12H12N2O2. The summed E-state index contributed by atoms with van der Waals surface area (Å²) in [7, 11) is 1.75. The summed E-state index contributed by atoms with van der Waals surface area (Å²) in [6.07, 6.45) is 8.08. The molecule has 1 atom stereocenters. The minimum absolute atomic E-state index is 0.0545. The van der Waals surface area contributed by atoms with E-state index in [1.807, 2.05) is 0 Å². The maximum absolute atomic E-state index is 12.1. The third-order valence-electron chi connectivity index (χ3n) is 2.47. The molecule has 1 unspecified atom stereocenters. The molecule has 2 heterocycles. The van der Waals surface area contributed by atoms with Gasteiger partial charge in [-0.25, -0.2) is 0 Å². The van der Waals surface area contributed by atoms with Gasteiger partial charge in [-0.15, -0.1) is 0 Å². The number of pyridine rings is 1. The third kappa shape index (κ3) is 1.82. The predicted molar refractivity (Wildman–Crippen MR) is 60.0 cm³/mol. The first-order valence-electron chi connectivity index (χ1n) is 4.93. The zero-order valence-corrected chi connectivity index (χ0v) is 8.87. The normalized spacial score (nSPS) is 19.4. The van der Waals surface area contributed by atoms with Crippen molar-refractivity contribution in [3.05, 3.63) is 54.2 Å². The van der Waals surface area contributed by atoms with Crippen molar-refractivity contribution in [1.29, 1.82) is 0 Å². The van der Waals surface area contributed by atoms with Crippen molar-refractivity contribution in [2.24, 2.45) is 0 Å². The van der Waals surface area contributed by atoms with Crippen LogP contribution in [-0.4, -0.2) is 33.9 Å². The molecule has 1 aliphatic heterocycles. The highest BCUT2D eigenvalue weighted by Crippen LogP contribution is 2.17. The zero-order chi connectivity index (χ0) is 11.5. The molecule has 2 rings (SSSR count). The van der Waals surface area contributed by atoms with Gasteiger partial charge in [0.05, 0.1) is 0 Å². The lowest BCUT2D eigenvalue weighted by molar-refractivity contribution is 0.0878. The molecule has 16 heavy (non-hydrogen) atoms. The fourth-order valence-corrected chi connectivity index (χ4v) is 1.65. The molecule has 4 heteroatoms. The van der Waals surface area contributed by atoms with Crippen LogP contribution in [-0.2, 0) is 0 Å². The highest BCUT2D eigenvalue weighted by Gasteiger charge is 2.28. The number of nitrogens with zero attached hydrogens (tertiary/aromatic N) is 2.